The third-order valence-electron chi connectivity index (χ3n) is 4.11. The van der Waals surface area contributed by atoms with E-state index in [9.17, 15) is 4.79 Å². The molecule has 3 rings (SSSR count). The molecule has 6 heteroatoms. The zero-order valence-electron chi connectivity index (χ0n) is 14.0. The Morgan fingerprint density at radius 1 is 1.12 bits per heavy atom. The molecule has 0 radical (unpaired) electrons. The fourth-order valence-corrected chi connectivity index (χ4v) is 3.24. The first-order chi connectivity index (χ1) is 11.5. The molecule has 1 aromatic carbocycles. The van der Waals surface area contributed by atoms with Crippen LogP contribution in [0.1, 0.15) is 32.6 Å². The summed E-state index contributed by atoms with van der Waals surface area (Å²) in [7, 11) is 0. The number of nitrogens with zero attached hydrogens (tertiary/aromatic N) is 2. The Morgan fingerprint density at radius 2 is 1.83 bits per heavy atom. The second kappa shape index (κ2) is 6.65. The van der Waals surface area contributed by atoms with E-state index in [1.807, 2.05) is 27.7 Å². The van der Waals surface area contributed by atoms with Crippen LogP contribution < -0.4 is 0 Å². The molecule has 124 valence electrons. The van der Waals surface area contributed by atoms with Crippen molar-refractivity contribution in [2.75, 3.05) is 5.75 Å². The van der Waals surface area contributed by atoms with Crippen LogP contribution in [0.2, 0.25) is 0 Å². The number of carbonyl (C=O) groups excluding carboxylic acids is 1. The number of aryl methyl sites for hydroxylation is 2. The van der Waals surface area contributed by atoms with Crippen molar-refractivity contribution in [2.24, 2.45) is 0 Å². The molecule has 0 aliphatic carbocycles. The molecule has 0 N–H and O–H groups in total. The molecule has 5 nitrogen and oxygen atoms in total. The predicted octanol–water partition coefficient (Wildman–Crippen LogP) is 4.54. The minimum atomic E-state index is 0.0690. The molecular formula is C18H18N2O3S. The number of Topliss-reactive ketones (excluding diaryl/α,β-unsaturated/α-hetero) is 1. The fraction of sp³-hybridized carbons (Fsp3) is 0.278. The second-order valence-corrected chi connectivity index (χ2v) is 6.62. The monoisotopic (exact) mass is 342 g/mol. The van der Waals surface area contributed by atoms with Crippen LogP contribution in [-0.4, -0.2) is 21.7 Å². The first kappa shape index (κ1) is 16.5. The van der Waals surface area contributed by atoms with E-state index in [2.05, 4.69) is 16.3 Å². The van der Waals surface area contributed by atoms with Gasteiger partial charge in [-0.05, 0) is 62.1 Å². The quantitative estimate of drug-likeness (QED) is 0.501. The van der Waals surface area contributed by atoms with Crippen LogP contribution in [-0.2, 0) is 0 Å². The number of carbonyl (C=O) groups is 1. The summed E-state index contributed by atoms with van der Waals surface area (Å²) in [5, 5.41) is 8.24. The van der Waals surface area contributed by atoms with Crippen molar-refractivity contribution in [2.45, 2.75) is 32.9 Å². The Morgan fingerprint density at radius 3 is 2.46 bits per heavy atom. The van der Waals surface area contributed by atoms with Crippen molar-refractivity contribution < 1.29 is 13.6 Å². The average Bonchev–Trinajstić information content (AvgIpc) is 3.22. The number of furan rings is 1. The molecule has 0 unspecified atom stereocenters. The molecule has 0 spiro atoms. The van der Waals surface area contributed by atoms with Crippen molar-refractivity contribution in [3.05, 3.63) is 52.3 Å². The molecule has 0 aliphatic heterocycles. The number of rotatable bonds is 5. The fourth-order valence-electron chi connectivity index (χ4n) is 2.60. The van der Waals surface area contributed by atoms with Gasteiger partial charge in [0.05, 0.1) is 12.0 Å². The van der Waals surface area contributed by atoms with Crippen LogP contribution in [0.4, 0.5) is 0 Å². The van der Waals surface area contributed by atoms with Gasteiger partial charge in [-0.2, -0.15) is 0 Å². The summed E-state index contributed by atoms with van der Waals surface area (Å²) < 4.78 is 10.7. The third-order valence-corrected chi connectivity index (χ3v) is 4.93. The number of aromatic nitrogens is 2. The van der Waals surface area contributed by atoms with Crippen LogP contribution in [0.3, 0.4) is 0 Å². The van der Waals surface area contributed by atoms with Crippen molar-refractivity contribution in [1.29, 1.82) is 0 Å². The lowest BCUT2D eigenvalue weighted by atomic mass is 9.92. The van der Waals surface area contributed by atoms with Gasteiger partial charge in [0.2, 0.25) is 0 Å². The minimum Gasteiger partial charge on any atom is -0.459 e. The SMILES string of the molecule is Cc1cc(C)c(C)c(C(=O)CSc2nnc(-c3ccco3)o2)c1C. The van der Waals surface area contributed by atoms with Crippen LogP contribution in [0.15, 0.2) is 38.5 Å². The molecule has 2 heterocycles. The Hall–Kier alpha value is -2.34. The van der Waals surface area contributed by atoms with Crippen molar-refractivity contribution in [1.82, 2.24) is 10.2 Å². The molecule has 0 fully saturated rings. The van der Waals surface area contributed by atoms with Crippen molar-refractivity contribution in [3.63, 3.8) is 0 Å². The smallest absolute Gasteiger partial charge is 0.284 e. The highest BCUT2D eigenvalue weighted by atomic mass is 32.2. The van der Waals surface area contributed by atoms with E-state index in [1.54, 1.807) is 18.4 Å². The maximum Gasteiger partial charge on any atom is 0.284 e. The molecule has 0 saturated carbocycles. The van der Waals surface area contributed by atoms with Crippen LogP contribution >= 0.6 is 11.8 Å². The molecular weight excluding hydrogens is 324 g/mol. The van der Waals surface area contributed by atoms with E-state index in [4.69, 9.17) is 8.83 Å². The maximum absolute atomic E-state index is 12.7. The summed E-state index contributed by atoms with van der Waals surface area (Å²) >= 11 is 1.24. The maximum atomic E-state index is 12.7. The van der Waals surface area contributed by atoms with Gasteiger partial charge in [-0.1, -0.05) is 17.8 Å². The van der Waals surface area contributed by atoms with E-state index in [1.165, 1.54) is 11.8 Å². The second-order valence-electron chi connectivity index (χ2n) is 5.70. The summed E-state index contributed by atoms with van der Waals surface area (Å²) in [5.41, 5.74) is 5.12. The van der Waals surface area contributed by atoms with E-state index in [0.29, 0.717) is 16.9 Å². The molecule has 24 heavy (non-hydrogen) atoms. The standard InChI is InChI=1S/C18H18N2O3S/c1-10-8-11(2)13(4)16(12(10)3)14(21)9-24-18-20-19-17(23-18)15-6-5-7-22-15/h5-8H,9H2,1-4H3. The van der Waals surface area contributed by atoms with Crippen LogP contribution in [0, 0.1) is 27.7 Å². The van der Waals surface area contributed by atoms with E-state index in [0.717, 1.165) is 27.8 Å². The molecule has 0 atom stereocenters. The Kier molecular flexibility index (Phi) is 4.57. The summed E-state index contributed by atoms with van der Waals surface area (Å²) in [6.07, 6.45) is 1.54. The van der Waals surface area contributed by atoms with Gasteiger partial charge in [-0.15, -0.1) is 10.2 Å². The zero-order valence-corrected chi connectivity index (χ0v) is 14.9. The lowest BCUT2D eigenvalue weighted by Crippen LogP contribution is -2.10. The van der Waals surface area contributed by atoms with Crippen LogP contribution in [0.5, 0.6) is 0 Å². The minimum absolute atomic E-state index is 0.0690. The van der Waals surface area contributed by atoms with Gasteiger partial charge in [-0.25, -0.2) is 0 Å². The Balaban J connectivity index is 1.75. The van der Waals surface area contributed by atoms with E-state index < -0.39 is 0 Å². The van der Waals surface area contributed by atoms with Crippen molar-refractivity contribution in [3.8, 4) is 11.7 Å². The van der Waals surface area contributed by atoms with Gasteiger partial charge in [0, 0.05) is 5.56 Å². The molecule has 0 aliphatic rings. The largest absolute Gasteiger partial charge is 0.459 e. The normalized spacial score (nSPS) is 11.0. The number of hydrogen-bond donors (Lipinski definition) is 0. The third kappa shape index (κ3) is 3.14. The van der Waals surface area contributed by atoms with Gasteiger partial charge in [0.1, 0.15) is 0 Å². The van der Waals surface area contributed by atoms with E-state index >= 15 is 0 Å². The molecule has 0 bridgehead atoms. The summed E-state index contributed by atoms with van der Waals surface area (Å²) in [4.78, 5) is 12.7. The Labute approximate surface area is 144 Å². The Bertz CT molecular complexity index is 856. The predicted molar refractivity (Wildman–Crippen MR) is 92.4 cm³/mol. The number of benzene rings is 1. The van der Waals surface area contributed by atoms with Crippen molar-refractivity contribution >= 4 is 17.5 Å². The number of thioether (sulfide) groups is 1. The van der Waals surface area contributed by atoms with Gasteiger partial charge >= 0.3 is 0 Å². The molecule has 0 saturated heterocycles. The van der Waals surface area contributed by atoms with Gasteiger partial charge in [0.15, 0.2) is 11.5 Å². The zero-order chi connectivity index (χ0) is 17.3. The lowest BCUT2D eigenvalue weighted by molar-refractivity contribution is 0.102. The molecule has 2 aromatic heterocycles. The highest BCUT2D eigenvalue weighted by Gasteiger charge is 2.18. The summed E-state index contributed by atoms with van der Waals surface area (Å²) in [5.74, 6) is 1.15. The highest BCUT2D eigenvalue weighted by Crippen LogP contribution is 2.27. The van der Waals surface area contributed by atoms with E-state index in [-0.39, 0.29) is 11.5 Å². The summed E-state index contributed by atoms with van der Waals surface area (Å²) in [6, 6.07) is 5.61. The van der Waals surface area contributed by atoms with Gasteiger partial charge < -0.3 is 8.83 Å². The van der Waals surface area contributed by atoms with Crippen LogP contribution in [0.25, 0.3) is 11.7 Å². The topological polar surface area (TPSA) is 69.1 Å². The first-order valence-electron chi connectivity index (χ1n) is 7.58. The van der Waals surface area contributed by atoms with Gasteiger partial charge in [-0.3, -0.25) is 4.79 Å². The molecule has 3 aromatic rings. The highest BCUT2D eigenvalue weighted by molar-refractivity contribution is 7.99. The lowest BCUT2D eigenvalue weighted by Gasteiger charge is -2.13. The molecule has 0 amide bonds. The van der Waals surface area contributed by atoms with Gasteiger partial charge in [0.25, 0.3) is 11.1 Å². The first-order valence-corrected chi connectivity index (χ1v) is 8.56. The number of ketones is 1. The number of hydrogen-bond acceptors (Lipinski definition) is 6. The summed E-state index contributed by atoms with van der Waals surface area (Å²) in [6.45, 7) is 8.03. The average molecular weight is 342 g/mol.